The van der Waals surface area contributed by atoms with Crippen molar-refractivity contribution in [3.05, 3.63) is 36.4 Å². The number of rotatable bonds is 5. The predicted octanol–water partition coefficient (Wildman–Crippen LogP) is 4.06. The van der Waals surface area contributed by atoms with E-state index in [1.165, 1.54) is 16.5 Å². The third-order valence-electron chi connectivity index (χ3n) is 2.71. The van der Waals surface area contributed by atoms with Crippen LogP contribution in [0.3, 0.4) is 0 Å². The van der Waals surface area contributed by atoms with Gasteiger partial charge in [-0.2, -0.15) is 0 Å². The Hall–Kier alpha value is -1.70. The van der Waals surface area contributed by atoms with Gasteiger partial charge in [-0.05, 0) is 25.5 Å². The Balaban J connectivity index is 2.46. The van der Waals surface area contributed by atoms with Crippen molar-refractivity contribution in [2.75, 3.05) is 18.5 Å². The van der Waals surface area contributed by atoms with E-state index < -0.39 is 0 Å². The van der Waals surface area contributed by atoms with Gasteiger partial charge in [-0.15, -0.1) is 0 Å². The fraction of sp³-hybridized carbons (Fsp3) is 0.333. The van der Waals surface area contributed by atoms with E-state index in [0.717, 1.165) is 25.3 Å². The molecule has 90 valence electrons. The summed E-state index contributed by atoms with van der Waals surface area (Å²) in [5.41, 5.74) is 1.17. The van der Waals surface area contributed by atoms with Crippen LogP contribution in [-0.4, -0.2) is 13.2 Å². The van der Waals surface area contributed by atoms with Crippen LogP contribution in [0.4, 0.5) is 5.69 Å². The lowest BCUT2D eigenvalue weighted by Crippen LogP contribution is -1.99. The third kappa shape index (κ3) is 2.52. The van der Waals surface area contributed by atoms with Gasteiger partial charge in [0.05, 0.1) is 6.61 Å². The van der Waals surface area contributed by atoms with Crippen molar-refractivity contribution < 1.29 is 4.74 Å². The molecule has 0 saturated heterocycles. The van der Waals surface area contributed by atoms with Crippen LogP contribution < -0.4 is 10.1 Å². The molecule has 2 aromatic rings. The molecule has 0 bridgehead atoms. The van der Waals surface area contributed by atoms with Gasteiger partial charge in [-0.25, -0.2) is 0 Å². The van der Waals surface area contributed by atoms with Crippen LogP contribution in [0, 0.1) is 0 Å². The van der Waals surface area contributed by atoms with Gasteiger partial charge in [0.1, 0.15) is 5.75 Å². The van der Waals surface area contributed by atoms with Crippen molar-refractivity contribution in [3.63, 3.8) is 0 Å². The smallest absolute Gasteiger partial charge is 0.127 e. The van der Waals surface area contributed by atoms with Gasteiger partial charge in [-0.1, -0.05) is 31.2 Å². The highest BCUT2D eigenvalue weighted by atomic mass is 16.5. The van der Waals surface area contributed by atoms with E-state index in [-0.39, 0.29) is 0 Å². The summed E-state index contributed by atoms with van der Waals surface area (Å²) in [7, 11) is 0. The second-order valence-electron chi connectivity index (χ2n) is 4.04. The molecule has 2 rings (SSSR count). The Kier molecular flexibility index (Phi) is 3.86. The maximum absolute atomic E-state index is 5.77. The van der Waals surface area contributed by atoms with Crippen LogP contribution in [0.1, 0.15) is 20.3 Å². The topological polar surface area (TPSA) is 21.3 Å². The molecule has 2 aromatic carbocycles. The number of fused-ring (bicyclic) bond motifs is 1. The monoisotopic (exact) mass is 229 g/mol. The van der Waals surface area contributed by atoms with Crippen LogP contribution >= 0.6 is 0 Å². The molecule has 17 heavy (non-hydrogen) atoms. The summed E-state index contributed by atoms with van der Waals surface area (Å²) in [6, 6.07) is 12.5. The summed E-state index contributed by atoms with van der Waals surface area (Å²) in [6.45, 7) is 5.93. The van der Waals surface area contributed by atoms with Gasteiger partial charge in [0.15, 0.2) is 0 Å². The Labute approximate surface area is 103 Å². The number of hydrogen-bond acceptors (Lipinski definition) is 2. The molecule has 0 saturated carbocycles. The molecule has 0 spiro atoms. The van der Waals surface area contributed by atoms with E-state index in [2.05, 4.69) is 55.6 Å². The van der Waals surface area contributed by atoms with E-state index in [9.17, 15) is 0 Å². The molecule has 0 radical (unpaired) electrons. The number of anilines is 1. The predicted molar refractivity (Wildman–Crippen MR) is 73.9 cm³/mol. The Bertz CT molecular complexity index is 493. The highest BCUT2D eigenvalue weighted by molar-refractivity contribution is 5.97. The number of ether oxygens (including phenoxy) is 1. The minimum absolute atomic E-state index is 0.768. The molecule has 0 atom stereocenters. The maximum Gasteiger partial charge on any atom is 0.127 e. The highest BCUT2D eigenvalue weighted by Crippen LogP contribution is 2.31. The number of benzene rings is 2. The van der Waals surface area contributed by atoms with Crippen molar-refractivity contribution in [1.29, 1.82) is 0 Å². The van der Waals surface area contributed by atoms with Gasteiger partial charge in [0.2, 0.25) is 0 Å². The van der Waals surface area contributed by atoms with E-state index in [0.29, 0.717) is 0 Å². The number of hydrogen-bond donors (Lipinski definition) is 1. The van der Waals surface area contributed by atoms with Crippen LogP contribution in [0.2, 0.25) is 0 Å². The lowest BCUT2D eigenvalue weighted by Gasteiger charge is -2.12. The van der Waals surface area contributed by atoms with E-state index in [1.807, 2.05) is 0 Å². The summed E-state index contributed by atoms with van der Waals surface area (Å²) in [4.78, 5) is 0. The molecule has 0 heterocycles. The molecule has 0 fully saturated rings. The molecular weight excluding hydrogens is 210 g/mol. The lowest BCUT2D eigenvalue weighted by molar-refractivity contribution is 0.321. The van der Waals surface area contributed by atoms with Gasteiger partial charge in [-0.3, -0.25) is 0 Å². The van der Waals surface area contributed by atoms with Gasteiger partial charge in [0, 0.05) is 23.0 Å². The molecule has 0 amide bonds. The van der Waals surface area contributed by atoms with E-state index in [1.54, 1.807) is 0 Å². The number of nitrogens with one attached hydrogen (secondary N) is 1. The van der Waals surface area contributed by atoms with Crippen LogP contribution in [-0.2, 0) is 0 Å². The largest absolute Gasteiger partial charge is 0.493 e. The quantitative estimate of drug-likeness (QED) is 0.834. The second-order valence-corrected chi connectivity index (χ2v) is 4.04. The molecule has 0 aromatic heterocycles. The summed E-state index contributed by atoms with van der Waals surface area (Å²) >= 11 is 0. The first-order chi connectivity index (χ1) is 8.36. The fourth-order valence-electron chi connectivity index (χ4n) is 1.95. The summed E-state index contributed by atoms with van der Waals surface area (Å²) in [5.74, 6) is 0.976. The molecular formula is C15H19NO. The zero-order valence-corrected chi connectivity index (χ0v) is 10.5. The highest BCUT2D eigenvalue weighted by Gasteiger charge is 2.05. The molecule has 1 N–H and O–H groups in total. The van der Waals surface area contributed by atoms with Crippen molar-refractivity contribution in [2.45, 2.75) is 20.3 Å². The van der Waals surface area contributed by atoms with Crippen molar-refractivity contribution in [2.24, 2.45) is 0 Å². The third-order valence-corrected chi connectivity index (χ3v) is 2.71. The average Bonchev–Trinajstić information content (AvgIpc) is 2.38. The molecule has 2 heteroatoms. The minimum atomic E-state index is 0.768. The standard InChI is InChI=1S/C15H19NO/c1-3-11-17-15-10-9-14(16-4-2)12-7-5-6-8-13(12)15/h5-10,16H,3-4,11H2,1-2H3. The van der Waals surface area contributed by atoms with Crippen LogP contribution in [0.5, 0.6) is 5.75 Å². The minimum Gasteiger partial charge on any atom is -0.493 e. The molecule has 0 aliphatic rings. The Morgan fingerprint density at radius 1 is 1.00 bits per heavy atom. The summed E-state index contributed by atoms with van der Waals surface area (Å²) < 4.78 is 5.77. The zero-order chi connectivity index (χ0) is 12.1. The van der Waals surface area contributed by atoms with Gasteiger partial charge < -0.3 is 10.1 Å². The average molecular weight is 229 g/mol. The first-order valence-electron chi connectivity index (χ1n) is 6.25. The van der Waals surface area contributed by atoms with Gasteiger partial charge >= 0.3 is 0 Å². The Morgan fingerprint density at radius 3 is 2.47 bits per heavy atom. The Morgan fingerprint density at radius 2 is 1.76 bits per heavy atom. The van der Waals surface area contributed by atoms with Gasteiger partial charge in [0.25, 0.3) is 0 Å². The van der Waals surface area contributed by atoms with Crippen LogP contribution in [0.15, 0.2) is 36.4 Å². The maximum atomic E-state index is 5.77. The summed E-state index contributed by atoms with van der Waals surface area (Å²) in [6.07, 6.45) is 1.03. The fourth-order valence-corrected chi connectivity index (χ4v) is 1.95. The zero-order valence-electron chi connectivity index (χ0n) is 10.5. The SMILES string of the molecule is CCCOc1ccc(NCC)c2ccccc12. The molecule has 2 nitrogen and oxygen atoms in total. The summed E-state index contributed by atoms with van der Waals surface area (Å²) in [5, 5.41) is 5.78. The lowest BCUT2D eigenvalue weighted by atomic mass is 10.1. The normalized spacial score (nSPS) is 10.5. The molecule has 0 unspecified atom stereocenters. The molecule has 0 aliphatic carbocycles. The molecule has 0 aliphatic heterocycles. The second kappa shape index (κ2) is 5.58. The van der Waals surface area contributed by atoms with Crippen LogP contribution in [0.25, 0.3) is 10.8 Å². The first kappa shape index (κ1) is 11.8. The van der Waals surface area contributed by atoms with E-state index >= 15 is 0 Å². The van der Waals surface area contributed by atoms with Crippen molar-refractivity contribution >= 4 is 16.5 Å². The van der Waals surface area contributed by atoms with Crippen molar-refractivity contribution in [3.8, 4) is 5.75 Å². The first-order valence-corrected chi connectivity index (χ1v) is 6.25. The van der Waals surface area contributed by atoms with E-state index in [4.69, 9.17) is 4.74 Å². The van der Waals surface area contributed by atoms with Crippen molar-refractivity contribution in [1.82, 2.24) is 0 Å².